The van der Waals surface area contributed by atoms with Crippen molar-refractivity contribution in [3.05, 3.63) is 65.4 Å². The Kier molecular flexibility index (Phi) is 5.42. The average Bonchev–Trinajstić information content (AvgIpc) is 3.43. The number of carbonyl (C=O) groups is 1. The molecule has 4 aromatic rings. The Morgan fingerprint density at radius 2 is 1.86 bits per heavy atom. The lowest BCUT2D eigenvalue weighted by Crippen LogP contribution is -2.42. The summed E-state index contributed by atoms with van der Waals surface area (Å²) in [6.45, 7) is 1.52. The van der Waals surface area contributed by atoms with Crippen LogP contribution in [0.3, 0.4) is 0 Å². The molecule has 1 aliphatic rings. The van der Waals surface area contributed by atoms with E-state index in [2.05, 4.69) is 25.3 Å². The van der Waals surface area contributed by atoms with Crippen LogP contribution >= 0.6 is 0 Å². The number of aryl methyl sites for hydroxylation is 1. The molecule has 0 fully saturated rings. The Morgan fingerprint density at radius 1 is 1.09 bits per heavy atom. The molecular weight excluding hydrogens is 474 g/mol. The van der Waals surface area contributed by atoms with Crippen molar-refractivity contribution in [3.8, 4) is 17.1 Å². The number of fused-ring (bicyclic) bond motifs is 1. The van der Waals surface area contributed by atoms with Crippen molar-refractivity contribution in [3.63, 3.8) is 0 Å². The zero-order valence-corrected chi connectivity index (χ0v) is 18.0. The number of nitrogens with zero attached hydrogens (tertiary/aromatic N) is 7. The maximum Gasteiger partial charge on any atom is 0.451 e. The molecule has 1 aromatic carbocycles. The van der Waals surface area contributed by atoms with E-state index in [1.807, 2.05) is 0 Å². The number of amides is 1. The highest BCUT2D eigenvalue weighted by Crippen LogP contribution is 2.30. The molecule has 4 heterocycles. The van der Waals surface area contributed by atoms with Gasteiger partial charge in [0.15, 0.2) is 5.82 Å². The van der Waals surface area contributed by atoms with Crippen molar-refractivity contribution < 1.29 is 31.6 Å². The summed E-state index contributed by atoms with van der Waals surface area (Å²) in [5, 5.41) is 10.5. The molecule has 1 aliphatic heterocycles. The summed E-state index contributed by atoms with van der Waals surface area (Å²) in [7, 11) is 0. The van der Waals surface area contributed by atoms with Crippen molar-refractivity contribution >= 4 is 11.7 Å². The summed E-state index contributed by atoms with van der Waals surface area (Å²) in [4.78, 5) is 22.1. The van der Waals surface area contributed by atoms with E-state index < -0.39 is 23.7 Å². The Hall–Kier alpha value is -4.36. The van der Waals surface area contributed by atoms with E-state index >= 15 is 0 Å². The second kappa shape index (κ2) is 8.45. The van der Waals surface area contributed by atoms with Crippen LogP contribution in [0.2, 0.25) is 0 Å². The van der Waals surface area contributed by atoms with Crippen LogP contribution in [0.25, 0.3) is 11.3 Å². The quantitative estimate of drug-likeness (QED) is 0.392. The highest BCUT2D eigenvalue weighted by atomic mass is 19.4. The number of carbonyl (C=O) groups excluding carboxylic acids is 1. The van der Waals surface area contributed by atoms with Crippen molar-refractivity contribution in [1.29, 1.82) is 0 Å². The van der Waals surface area contributed by atoms with Gasteiger partial charge in [0.05, 0.1) is 18.0 Å². The standard InChI is InChI=1S/C21H15F4N7O3/c1-11-14(17(30-35-11)12-2-4-13(22)5-3-12)10-34-16-9-26-15(8-27-16)31-6-7-32-18(19(31)33)28-29-20(32)21(23,24)25/h2-5,8-9H,6-7,10H2,1H3. The second-order valence-corrected chi connectivity index (χ2v) is 7.53. The molecule has 14 heteroatoms. The van der Waals surface area contributed by atoms with E-state index in [0.717, 1.165) is 9.47 Å². The Bertz CT molecular complexity index is 1380. The van der Waals surface area contributed by atoms with Gasteiger partial charge in [-0.2, -0.15) is 13.2 Å². The minimum atomic E-state index is -4.72. The zero-order valence-electron chi connectivity index (χ0n) is 18.0. The largest absolute Gasteiger partial charge is 0.471 e. The van der Waals surface area contributed by atoms with Crippen LogP contribution in [-0.2, 0) is 19.3 Å². The highest BCUT2D eigenvalue weighted by Gasteiger charge is 2.42. The fourth-order valence-electron chi connectivity index (χ4n) is 3.59. The fourth-order valence-corrected chi connectivity index (χ4v) is 3.59. The summed E-state index contributed by atoms with van der Waals surface area (Å²) in [5.74, 6) is -2.04. The maximum absolute atomic E-state index is 13.2. The number of alkyl halides is 3. The van der Waals surface area contributed by atoms with Gasteiger partial charge < -0.3 is 9.26 Å². The number of anilines is 1. The van der Waals surface area contributed by atoms with E-state index in [4.69, 9.17) is 9.26 Å². The molecule has 0 bridgehead atoms. The van der Waals surface area contributed by atoms with E-state index in [0.29, 0.717) is 22.6 Å². The predicted molar refractivity (Wildman–Crippen MR) is 110 cm³/mol. The first-order chi connectivity index (χ1) is 16.7. The molecule has 5 rings (SSSR count). The SMILES string of the molecule is Cc1onc(-c2ccc(F)cc2)c1COc1cnc(N2CCn3c(nnc3C(F)(F)F)C2=O)cn1. The predicted octanol–water partition coefficient (Wildman–Crippen LogP) is 3.43. The summed E-state index contributed by atoms with van der Waals surface area (Å²) < 4.78 is 64.0. The third-order valence-electron chi connectivity index (χ3n) is 5.35. The van der Waals surface area contributed by atoms with E-state index in [-0.39, 0.29) is 37.2 Å². The van der Waals surface area contributed by atoms with E-state index in [9.17, 15) is 22.4 Å². The van der Waals surface area contributed by atoms with Crippen molar-refractivity contribution in [2.45, 2.75) is 26.3 Å². The number of ether oxygens (including phenoxy) is 1. The molecule has 0 saturated carbocycles. The summed E-state index contributed by atoms with van der Waals surface area (Å²) >= 11 is 0. The lowest BCUT2D eigenvalue weighted by molar-refractivity contribution is -0.147. The first kappa shape index (κ1) is 22.4. The van der Waals surface area contributed by atoms with Crippen LogP contribution in [0.5, 0.6) is 5.88 Å². The molecule has 0 aliphatic carbocycles. The number of aromatic nitrogens is 6. The van der Waals surface area contributed by atoms with Crippen LogP contribution in [0, 0.1) is 12.7 Å². The van der Waals surface area contributed by atoms with E-state index in [1.165, 1.54) is 24.5 Å². The summed E-state index contributed by atoms with van der Waals surface area (Å²) in [6, 6.07) is 5.75. The van der Waals surface area contributed by atoms with Gasteiger partial charge in [0.2, 0.25) is 17.5 Å². The molecule has 0 N–H and O–H groups in total. The van der Waals surface area contributed by atoms with Crippen LogP contribution < -0.4 is 9.64 Å². The molecule has 0 radical (unpaired) electrons. The van der Waals surface area contributed by atoms with Gasteiger partial charge in [0, 0.05) is 18.7 Å². The number of halogens is 4. The molecule has 180 valence electrons. The Labute approximate surface area is 194 Å². The van der Waals surface area contributed by atoms with E-state index in [1.54, 1.807) is 19.1 Å². The number of rotatable bonds is 5. The molecular formula is C21H15F4N7O3. The number of benzene rings is 1. The zero-order chi connectivity index (χ0) is 24.7. The van der Waals surface area contributed by atoms with Crippen molar-refractivity contribution in [2.75, 3.05) is 11.4 Å². The van der Waals surface area contributed by atoms with Gasteiger partial charge in [-0.25, -0.2) is 14.4 Å². The minimum absolute atomic E-state index is 0.0298. The first-order valence-corrected chi connectivity index (χ1v) is 10.2. The first-order valence-electron chi connectivity index (χ1n) is 10.2. The molecule has 10 nitrogen and oxygen atoms in total. The van der Waals surface area contributed by atoms with Crippen molar-refractivity contribution in [1.82, 2.24) is 29.9 Å². The van der Waals surface area contributed by atoms with Crippen LogP contribution in [-0.4, -0.2) is 42.3 Å². The van der Waals surface area contributed by atoms with Gasteiger partial charge in [-0.1, -0.05) is 5.16 Å². The smallest absolute Gasteiger partial charge is 0.451 e. The average molecular weight is 489 g/mol. The summed E-state index contributed by atoms with van der Waals surface area (Å²) in [5.41, 5.74) is 1.77. The lowest BCUT2D eigenvalue weighted by Gasteiger charge is -2.26. The Balaban J connectivity index is 1.30. The number of hydrogen-bond donors (Lipinski definition) is 0. The van der Waals surface area contributed by atoms with Gasteiger partial charge in [-0.3, -0.25) is 14.3 Å². The van der Waals surface area contributed by atoms with Gasteiger partial charge in [0.1, 0.15) is 23.9 Å². The van der Waals surface area contributed by atoms with Gasteiger partial charge in [-0.15, -0.1) is 10.2 Å². The monoisotopic (exact) mass is 489 g/mol. The lowest BCUT2D eigenvalue weighted by atomic mass is 10.1. The maximum atomic E-state index is 13.2. The molecule has 35 heavy (non-hydrogen) atoms. The molecule has 3 aromatic heterocycles. The van der Waals surface area contributed by atoms with Crippen molar-refractivity contribution in [2.24, 2.45) is 0 Å². The Morgan fingerprint density at radius 3 is 2.54 bits per heavy atom. The van der Waals surface area contributed by atoms with Gasteiger partial charge in [0.25, 0.3) is 5.91 Å². The van der Waals surface area contributed by atoms with Gasteiger partial charge >= 0.3 is 6.18 Å². The third kappa shape index (κ3) is 4.18. The molecule has 0 unspecified atom stereocenters. The molecule has 0 saturated heterocycles. The number of hydrogen-bond acceptors (Lipinski definition) is 8. The van der Waals surface area contributed by atoms with Crippen LogP contribution in [0.1, 0.15) is 27.8 Å². The topological polar surface area (TPSA) is 112 Å². The third-order valence-corrected chi connectivity index (χ3v) is 5.35. The minimum Gasteiger partial charge on any atom is -0.471 e. The second-order valence-electron chi connectivity index (χ2n) is 7.53. The van der Waals surface area contributed by atoms with Crippen LogP contribution in [0.4, 0.5) is 23.4 Å². The molecule has 0 spiro atoms. The normalized spacial score (nSPS) is 13.7. The molecule has 0 atom stereocenters. The summed E-state index contributed by atoms with van der Waals surface area (Å²) in [6.07, 6.45) is -2.17. The van der Waals surface area contributed by atoms with Gasteiger partial charge in [-0.05, 0) is 31.2 Å². The molecule has 1 amide bonds. The highest BCUT2D eigenvalue weighted by molar-refractivity contribution is 6.03. The van der Waals surface area contributed by atoms with Crippen LogP contribution in [0.15, 0.2) is 41.2 Å². The fraction of sp³-hybridized carbons (Fsp3) is 0.238.